The zero-order chi connectivity index (χ0) is 17.9. The van der Waals surface area contributed by atoms with E-state index in [0.717, 1.165) is 24.3 Å². The van der Waals surface area contributed by atoms with E-state index in [1.807, 2.05) is 39.8 Å². The van der Waals surface area contributed by atoms with Crippen LogP contribution in [0.2, 0.25) is 0 Å². The fourth-order valence-electron chi connectivity index (χ4n) is 3.77. The SMILES string of the molecule is C1CCCCC1.CC1CC(C)C(F)C(C)C1.Cc1[c-]cc(C)c[c-]1.[2HH].[W].[W]. The van der Waals surface area contributed by atoms with Crippen molar-refractivity contribution in [3.05, 3.63) is 35.4 Å². The summed E-state index contributed by atoms with van der Waals surface area (Å²) in [4.78, 5) is 0. The number of hydrogen-bond donors (Lipinski definition) is 0. The maximum absolute atomic E-state index is 13.1. The van der Waals surface area contributed by atoms with Gasteiger partial charge in [-0.25, -0.2) is 4.39 Å². The molecule has 0 heterocycles. The Morgan fingerprint density at radius 2 is 1.15 bits per heavy atom. The van der Waals surface area contributed by atoms with Gasteiger partial charge in [-0.15, -0.1) is 6.92 Å². The van der Waals surface area contributed by atoms with Crippen molar-refractivity contribution in [1.82, 2.24) is 0 Å². The van der Waals surface area contributed by atoms with Crippen LogP contribution in [0.1, 0.15) is 84.7 Å². The van der Waals surface area contributed by atoms with Gasteiger partial charge in [0.1, 0.15) is 6.17 Å². The largest absolute Gasteiger partial charge is 0.356 e. The summed E-state index contributed by atoms with van der Waals surface area (Å²) in [5.74, 6) is 1.31. The summed E-state index contributed by atoms with van der Waals surface area (Å²) in [6.07, 6.45) is 10.6. The van der Waals surface area contributed by atoms with Crippen LogP contribution in [0.5, 0.6) is 0 Å². The van der Waals surface area contributed by atoms with Gasteiger partial charge in [-0.05, 0) is 30.6 Å². The molecule has 0 radical (unpaired) electrons. The Morgan fingerprint density at radius 1 is 0.808 bits per heavy atom. The number of aryl methyl sites for hydroxylation is 2. The Hall–Kier alpha value is 0.527. The van der Waals surface area contributed by atoms with E-state index >= 15 is 0 Å². The Morgan fingerprint density at radius 3 is 1.46 bits per heavy atom. The van der Waals surface area contributed by atoms with Crippen molar-refractivity contribution in [3.8, 4) is 0 Å². The second-order valence-corrected chi connectivity index (χ2v) is 8.04. The number of halogens is 1. The minimum atomic E-state index is -0.545. The number of alkyl halides is 1. The summed E-state index contributed by atoms with van der Waals surface area (Å²) < 4.78 is 13.1. The Kier molecular flexibility index (Phi) is 18.2. The molecule has 26 heavy (non-hydrogen) atoms. The minimum Gasteiger partial charge on any atom is -0.356 e. The van der Waals surface area contributed by atoms with Gasteiger partial charge in [-0.2, -0.15) is 0 Å². The summed E-state index contributed by atoms with van der Waals surface area (Å²) in [6.45, 7) is 10.3. The third-order valence-electron chi connectivity index (χ3n) is 5.17. The molecule has 2 aliphatic rings. The van der Waals surface area contributed by atoms with Gasteiger partial charge in [-0.1, -0.05) is 66.2 Å². The zero-order valence-corrected chi connectivity index (χ0v) is 23.2. The molecular weight excluding hydrogens is 663 g/mol. The number of benzene rings is 1. The molecule has 0 N–H and O–H groups in total. The monoisotopic (exact) mass is 703 g/mol. The van der Waals surface area contributed by atoms with E-state index in [1.54, 1.807) is 0 Å². The molecule has 2 aliphatic carbocycles. The normalized spacial score (nSPS) is 27.3. The maximum atomic E-state index is 13.1. The predicted octanol–water partition coefficient (Wildman–Crippen LogP) is 7.51. The van der Waals surface area contributed by atoms with E-state index in [1.165, 1.54) is 44.1 Å². The van der Waals surface area contributed by atoms with Crippen molar-refractivity contribution in [3.63, 3.8) is 0 Å². The van der Waals surface area contributed by atoms with Crippen molar-refractivity contribution in [2.24, 2.45) is 17.8 Å². The average Bonchev–Trinajstić information content (AvgIpc) is 2.58. The van der Waals surface area contributed by atoms with Crippen LogP contribution in [0.3, 0.4) is 0 Å². The van der Waals surface area contributed by atoms with E-state index < -0.39 is 6.17 Å². The van der Waals surface area contributed by atoms with Gasteiger partial charge in [0, 0.05) is 43.6 Å². The van der Waals surface area contributed by atoms with E-state index in [9.17, 15) is 4.39 Å². The van der Waals surface area contributed by atoms with Crippen LogP contribution in [-0.2, 0) is 42.1 Å². The van der Waals surface area contributed by atoms with Crippen molar-refractivity contribution >= 4 is 0 Å². The van der Waals surface area contributed by atoms with Gasteiger partial charge in [0.25, 0.3) is 0 Å². The smallest absolute Gasteiger partial charge is 0.105 e. The van der Waals surface area contributed by atoms with Gasteiger partial charge in [-0.3, -0.25) is 23.3 Å². The fourth-order valence-corrected chi connectivity index (χ4v) is 3.77. The maximum Gasteiger partial charge on any atom is 0.105 e. The van der Waals surface area contributed by atoms with E-state index in [-0.39, 0.29) is 43.6 Å². The Labute approximate surface area is 192 Å². The van der Waals surface area contributed by atoms with Crippen LogP contribution in [0.15, 0.2) is 12.1 Å². The van der Waals surface area contributed by atoms with Crippen molar-refractivity contribution in [2.75, 3.05) is 0 Å². The van der Waals surface area contributed by atoms with Crippen LogP contribution in [0, 0.1) is 43.7 Å². The summed E-state index contributed by atoms with van der Waals surface area (Å²) in [5.41, 5.74) is 2.30. The standard InChI is InChI=1S/C9H17F.C8H8.C6H12.2W.H2/c1-6-4-7(2)9(10)8(3)5-6;1-7-3-5-8(2)6-4-7;1-2-4-6-5-3-1;;;/h6-9H,4-5H2,1-3H3;3-4H,1-2H3;1-6H2;;;1H/q;-2;;;;/i;;;;;1+1. The minimum absolute atomic E-state index is 0. The molecule has 0 saturated heterocycles. The van der Waals surface area contributed by atoms with E-state index in [0.29, 0.717) is 11.8 Å². The quantitative estimate of drug-likeness (QED) is 0.246. The summed E-state index contributed by atoms with van der Waals surface area (Å²) in [7, 11) is 0. The van der Waals surface area contributed by atoms with Crippen LogP contribution >= 0.6 is 0 Å². The van der Waals surface area contributed by atoms with Crippen molar-refractivity contribution in [2.45, 2.75) is 92.2 Å². The van der Waals surface area contributed by atoms with Crippen LogP contribution < -0.4 is 0 Å². The number of rotatable bonds is 0. The van der Waals surface area contributed by atoms with E-state index in [4.69, 9.17) is 0 Å². The first-order valence-electron chi connectivity index (χ1n) is 9.90. The molecule has 0 amide bonds. The molecule has 3 heteroatoms. The topological polar surface area (TPSA) is 0 Å². The third kappa shape index (κ3) is 12.8. The van der Waals surface area contributed by atoms with E-state index in [2.05, 4.69) is 19.1 Å². The van der Waals surface area contributed by atoms with Gasteiger partial charge in [0.05, 0.1) is 0 Å². The first-order valence-corrected chi connectivity index (χ1v) is 9.90. The Bertz CT molecular complexity index is 390. The summed E-state index contributed by atoms with van der Waals surface area (Å²) >= 11 is 0. The molecule has 2 fully saturated rings. The number of hydrogen-bond acceptors (Lipinski definition) is 0. The summed E-state index contributed by atoms with van der Waals surface area (Å²) in [5, 5.41) is 0. The van der Waals surface area contributed by atoms with Gasteiger partial charge in [0.2, 0.25) is 0 Å². The van der Waals surface area contributed by atoms with Crippen molar-refractivity contribution < 1.29 is 47.9 Å². The molecule has 1 aromatic rings. The summed E-state index contributed by atoms with van der Waals surface area (Å²) in [6, 6.07) is 10.0. The fraction of sp³-hybridized carbons (Fsp3) is 0.739. The third-order valence-corrected chi connectivity index (χ3v) is 5.17. The van der Waals surface area contributed by atoms with Crippen molar-refractivity contribution in [1.29, 1.82) is 0 Å². The molecule has 2 saturated carbocycles. The molecule has 3 rings (SSSR count). The molecule has 0 nitrogen and oxygen atoms in total. The second kappa shape index (κ2) is 16.5. The molecule has 0 aromatic heterocycles. The molecule has 2 unspecified atom stereocenters. The second-order valence-electron chi connectivity index (χ2n) is 8.04. The molecule has 0 bridgehead atoms. The predicted molar refractivity (Wildman–Crippen MR) is 105 cm³/mol. The van der Waals surface area contributed by atoms with Crippen LogP contribution in [-0.4, -0.2) is 6.17 Å². The van der Waals surface area contributed by atoms with Crippen LogP contribution in [0.4, 0.5) is 4.39 Å². The van der Waals surface area contributed by atoms with Gasteiger partial charge < -0.3 is 12.1 Å². The zero-order valence-electron chi connectivity index (χ0n) is 17.3. The first-order chi connectivity index (χ1) is 11.4. The Balaban J connectivity index is -0.000000311. The molecule has 1 aromatic carbocycles. The van der Waals surface area contributed by atoms with Gasteiger partial charge >= 0.3 is 0 Å². The molecule has 152 valence electrons. The molecular formula is C23H39FW2-2. The molecule has 0 spiro atoms. The first kappa shape index (κ1) is 28.7. The molecule has 2 atom stereocenters. The van der Waals surface area contributed by atoms with Crippen LogP contribution in [0.25, 0.3) is 0 Å². The average molecular weight is 703 g/mol. The molecule has 0 aliphatic heterocycles. The van der Waals surface area contributed by atoms with Gasteiger partial charge in [0.15, 0.2) is 0 Å².